The molecule has 0 N–H and O–H groups in total. The zero-order valence-corrected chi connectivity index (χ0v) is 7.49. The molecule has 5 heteroatoms. The number of nitro benzene ring substituents is 1. The first kappa shape index (κ1) is 9.08. The van der Waals surface area contributed by atoms with E-state index in [-0.39, 0.29) is 11.3 Å². The first-order valence-corrected chi connectivity index (χ1v) is 4.11. The Morgan fingerprint density at radius 1 is 1.64 bits per heavy atom. The van der Waals surface area contributed by atoms with Crippen LogP contribution in [0, 0.1) is 15.9 Å². The number of rotatable bonds is 2. The Balaban J connectivity index is 2.48. The van der Waals surface area contributed by atoms with E-state index in [0.29, 0.717) is 6.61 Å². The molecule has 0 aromatic heterocycles. The second kappa shape index (κ2) is 2.75. The van der Waals surface area contributed by atoms with Crippen molar-refractivity contribution < 1.29 is 14.1 Å². The van der Waals surface area contributed by atoms with E-state index in [1.807, 2.05) is 0 Å². The smallest absolute Gasteiger partial charge is 0.270 e. The topological polar surface area (TPSA) is 55.7 Å². The molecule has 1 unspecified atom stereocenters. The van der Waals surface area contributed by atoms with Crippen molar-refractivity contribution in [2.24, 2.45) is 0 Å². The van der Waals surface area contributed by atoms with Gasteiger partial charge in [0.25, 0.3) is 5.69 Å². The molecule has 0 amide bonds. The van der Waals surface area contributed by atoms with E-state index >= 15 is 0 Å². The SMILES string of the molecule is CC1(c2cc([N+](=O)[O-])ccc2F)CO1. The average molecular weight is 197 g/mol. The minimum Gasteiger partial charge on any atom is -0.365 e. The van der Waals surface area contributed by atoms with Gasteiger partial charge in [-0.05, 0) is 13.0 Å². The van der Waals surface area contributed by atoms with Gasteiger partial charge in [-0.1, -0.05) is 0 Å². The van der Waals surface area contributed by atoms with Crippen molar-refractivity contribution in [3.63, 3.8) is 0 Å². The van der Waals surface area contributed by atoms with Crippen LogP contribution in [0.15, 0.2) is 18.2 Å². The molecule has 0 bridgehead atoms. The maximum absolute atomic E-state index is 13.3. The molecule has 1 fully saturated rings. The van der Waals surface area contributed by atoms with Crippen LogP contribution in [0.25, 0.3) is 0 Å². The third kappa shape index (κ3) is 1.35. The Bertz CT molecular complexity index is 401. The van der Waals surface area contributed by atoms with Crippen molar-refractivity contribution in [3.8, 4) is 0 Å². The highest BCUT2D eigenvalue weighted by Crippen LogP contribution is 2.40. The van der Waals surface area contributed by atoms with Crippen LogP contribution in [0.4, 0.5) is 10.1 Å². The Hall–Kier alpha value is -1.49. The van der Waals surface area contributed by atoms with Crippen molar-refractivity contribution >= 4 is 5.69 Å². The number of benzene rings is 1. The highest BCUT2D eigenvalue weighted by Gasteiger charge is 2.44. The van der Waals surface area contributed by atoms with Crippen LogP contribution in [0.1, 0.15) is 12.5 Å². The highest BCUT2D eigenvalue weighted by molar-refractivity contribution is 5.39. The summed E-state index contributed by atoms with van der Waals surface area (Å²) in [5.74, 6) is -0.462. The van der Waals surface area contributed by atoms with Gasteiger partial charge >= 0.3 is 0 Å². The maximum Gasteiger partial charge on any atom is 0.270 e. The molecule has 1 aliphatic rings. The summed E-state index contributed by atoms with van der Waals surface area (Å²) in [4.78, 5) is 9.91. The van der Waals surface area contributed by atoms with Crippen LogP contribution >= 0.6 is 0 Å². The molecule has 1 heterocycles. The molecule has 0 radical (unpaired) electrons. The molecule has 1 atom stereocenters. The van der Waals surface area contributed by atoms with Gasteiger partial charge in [0.1, 0.15) is 11.4 Å². The van der Waals surface area contributed by atoms with E-state index in [1.54, 1.807) is 6.92 Å². The molecule has 14 heavy (non-hydrogen) atoms. The molecule has 2 rings (SSSR count). The zero-order chi connectivity index (χ0) is 10.3. The van der Waals surface area contributed by atoms with Gasteiger partial charge in [0.2, 0.25) is 0 Å². The van der Waals surface area contributed by atoms with Gasteiger partial charge in [0.05, 0.1) is 11.5 Å². The molecule has 1 saturated heterocycles. The lowest BCUT2D eigenvalue weighted by Crippen LogP contribution is -2.06. The van der Waals surface area contributed by atoms with Crippen LogP contribution in [-0.4, -0.2) is 11.5 Å². The molecule has 4 nitrogen and oxygen atoms in total. The van der Waals surface area contributed by atoms with Crippen LogP contribution in [-0.2, 0) is 10.3 Å². The number of nitro groups is 1. The first-order chi connectivity index (χ1) is 6.53. The van der Waals surface area contributed by atoms with Crippen molar-refractivity contribution in [1.29, 1.82) is 0 Å². The van der Waals surface area contributed by atoms with Crippen molar-refractivity contribution in [1.82, 2.24) is 0 Å². The minimum absolute atomic E-state index is 0.113. The van der Waals surface area contributed by atoms with Crippen molar-refractivity contribution in [3.05, 3.63) is 39.7 Å². The summed E-state index contributed by atoms with van der Waals surface area (Å²) in [6.45, 7) is 2.11. The molecule has 74 valence electrons. The predicted molar refractivity (Wildman–Crippen MR) is 46.4 cm³/mol. The van der Waals surface area contributed by atoms with Crippen LogP contribution in [0.5, 0.6) is 0 Å². The number of epoxide rings is 1. The minimum atomic E-state index is -0.671. The molecular formula is C9H8FNO3. The quantitative estimate of drug-likeness (QED) is 0.413. The zero-order valence-electron chi connectivity index (χ0n) is 7.49. The highest BCUT2D eigenvalue weighted by atomic mass is 19.1. The molecule has 1 aliphatic heterocycles. The van der Waals surface area contributed by atoms with Crippen LogP contribution in [0.2, 0.25) is 0 Å². The largest absolute Gasteiger partial charge is 0.365 e. The second-order valence-corrected chi connectivity index (χ2v) is 3.44. The Labute approximate surface area is 79.5 Å². The van der Waals surface area contributed by atoms with Crippen molar-refractivity contribution in [2.75, 3.05) is 6.61 Å². The molecule has 1 aromatic rings. The van der Waals surface area contributed by atoms with Gasteiger partial charge in [0, 0.05) is 17.7 Å². The van der Waals surface area contributed by atoms with E-state index in [9.17, 15) is 14.5 Å². The summed E-state index contributed by atoms with van der Waals surface area (Å²) in [6, 6.07) is 3.47. The Morgan fingerprint density at radius 2 is 2.29 bits per heavy atom. The number of halogens is 1. The van der Waals surface area contributed by atoms with Gasteiger partial charge in [0.15, 0.2) is 0 Å². The molecule has 0 spiro atoms. The lowest BCUT2D eigenvalue weighted by atomic mass is 10.0. The maximum atomic E-state index is 13.3. The standard InChI is InChI=1S/C9H8FNO3/c1-9(5-14-9)7-4-6(11(12)13)2-3-8(7)10/h2-4H,5H2,1H3. The number of hydrogen-bond donors (Lipinski definition) is 0. The normalized spacial score (nSPS) is 24.7. The Morgan fingerprint density at radius 3 is 2.79 bits per heavy atom. The van der Waals surface area contributed by atoms with Gasteiger partial charge in [-0.3, -0.25) is 10.1 Å². The van der Waals surface area contributed by atoms with Gasteiger partial charge in [-0.25, -0.2) is 4.39 Å². The molecular weight excluding hydrogens is 189 g/mol. The Kier molecular flexibility index (Phi) is 1.78. The second-order valence-electron chi connectivity index (χ2n) is 3.44. The summed E-state index contributed by atoms with van der Waals surface area (Å²) in [7, 11) is 0. The van der Waals surface area contributed by atoms with E-state index in [0.717, 1.165) is 12.1 Å². The van der Waals surface area contributed by atoms with E-state index in [1.165, 1.54) is 6.07 Å². The van der Waals surface area contributed by atoms with Crippen LogP contribution in [0.3, 0.4) is 0 Å². The van der Waals surface area contributed by atoms with Gasteiger partial charge in [-0.15, -0.1) is 0 Å². The number of hydrogen-bond acceptors (Lipinski definition) is 3. The summed E-state index contributed by atoms with van der Waals surface area (Å²) < 4.78 is 18.3. The number of nitrogens with zero attached hydrogens (tertiary/aromatic N) is 1. The van der Waals surface area contributed by atoms with E-state index in [4.69, 9.17) is 4.74 Å². The fourth-order valence-corrected chi connectivity index (χ4v) is 1.30. The van der Waals surface area contributed by atoms with Crippen molar-refractivity contribution in [2.45, 2.75) is 12.5 Å². The predicted octanol–water partition coefficient (Wildman–Crippen LogP) is 1.98. The third-order valence-electron chi connectivity index (χ3n) is 2.31. The molecule has 0 saturated carbocycles. The van der Waals surface area contributed by atoms with Gasteiger partial charge < -0.3 is 4.74 Å². The summed E-state index contributed by atoms with van der Waals surface area (Å²) >= 11 is 0. The summed E-state index contributed by atoms with van der Waals surface area (Å²) in [5, 5.41) is 10.5. The van der Waals surface area contributed by atoms with E-state index in [2.05, 4.69) is 0 Å². The van der Waals surface area contributed by atoms with E-state index < -0.39 is 16.3 Å². The van der Waals surface area contributed by atoms with Crippen LogP contribution < -0.4 is 0 Å². The molecule has 0 aliphatic carbocycles. The van der Waals surface area contributed by atoms with Gasteiger partial charge in [-0.2, -0.15) is 0 Å². The lowest BCUT2D eigenvalue weighted by molar-refractivity contribution is -0.385. The summed E-state index contributed by atoms with van der Waals surface area (Å²) in [6.07, 6.45) is 0. The monoisotopic (exact) mass is 197 g/mol. The number of ether oxygens (including phenoxy) is 1. The molecule has 1 aromatic carbocycles. The fraction of sp³-hybridized carbons (Fsp3) is 0.333. The first-order valence-electron chi connectivity index (χ1n) is 4.11. The lowest BCUT2D eigenvalue weighted by Gasteiger charge is -2.05. The third-order valence-corrected chi connectivity index (χ3v) is 2.31. The fourth-order valence-electron chi connectivity index (χ4n) is 1.30. The summed E-state index contributed by atoms with van der Waals surface area (Å²) in [5.41, 5.74) is -0.527. The number of non-ortho nitro benzene ring substituents is 1. The average Bonchev–Trinajstić information content (AvgIpc) is 2.85.